The Balaban J connectivity index is 1.74. The Hall–Kier alpha value is -2.38. The molecule has 0 unspecified atom stereocenters. The lowest BCUT2D eigenvalue weighted by Gasteiger charge is -2.28. The van der Waals surface area contributed by atoms with Crippen LogP contribution in [0.15, 0.2) is 52.5 Å². The average Bonchev–Trinajstić information content (AvgIpc) is 2.69. The quantitative estimate of drug-likeness (QED) is 0.633. The van der Waals surface area contributed by atoms with Crippen LogP contribution in [-0.4, -0.2) is 40.4 Å². The normalized spacial score (nSPS) is 15.7. The van der Waals surface area contributed by atoms with Crippen molar-refractivity contribution in [2.75, 3.05) is 31.2 Å². The molecule has 0 aromatic heterocycles. The monoisotopic (exact) mass is 387 g/mol. The van der Waals surface area contributed by atoms with E-state index in [1.807, 2.05) is 37.3 Å². The molecule has 7 heteroatoms. The van der Waals surface area contributed by atoms with E-state index in [9.17, 15) is 8.42 Å². The molecule has 6 nitrogen and oxygen atoms in total. The van der Waals surface area contributed by atoms with Crippen LogP contribution in [0.4, 0.5) is 5.69 Å². The third kappa shape index (κ3) is 4.67. The predicted molar refractivity (Wildman–Crippen MR) is 108 cm³/mol. The van der Waals surface area contributed by atoms with E-state index in [4.69, 9.17) is 4.74 Å². The number of sulfonamides is 1. The minimum atomic E-state index is -3.70. The average molecular weight is 388 g/mol. The first-order valence-corrected chi connectivity index (χ1v) is 10.4. The molecule has 0 saturated carbocycles. The SMILES string of the molecule is C/C(=N/NS(=O)(=O)c1cc(C)ccc1C)c1ccc(N2CCOCC2)cc1. The van der Waals surface area contributed by atoms with Crippen LogP contribution in [0.1, 0.15) is 23.6 Å². The number of anilines is 1. The van der Waals surface area contributed by atoms with Crippen molar-refractivity contribution in [1.82, 2.24) is 4.83 Å². The number of benzene rings is 2. The predicted octanol–water partition coefficient (Wildman–Crippen LogP) is 2.84. The van der Waals surface area contributed by atoms with Crippen LogP contribution in [0.25, 0.3) is 0 Å². The van der Waals surface area contributed by atoms with Gasteiger partial charge in [-0.1, -0.05) is 24.3 Å². The molecule has 0 bridgehead atoms. The van der Waals surface area contributed by atoms with Gasteiger partial charge in [0, 0.05) is 18.8 Å². The molecule has 0 radical (unpaired) electrons. The molecule has 1 heterocycles. The summed E-state index contributed by atoms with van der Waals surface area (Å²) >= 11 is 0. The largest absolute Gasteiger partial charge is 0.378 e. The molecule has 0 spiro atoms. The van der Waals surface area contributed by atoms with Crippen molar-refractivity contribution in [2.45, 2.75) is 25.7 Å². The molecule has 27 heavy (non-hydrogen) atoms. The fourth-order valence-corrected chi connectivity index (χ4v) is 4.16. The first-order valence-electron chi connectivity index (χ1n) is 8.93. The fourth-order valence-electron chi connectivity index (χ4n) is 2.97. The maximum Gasteiger partial charge on any atom is 0.276 e. The van der Waals surface area contributed by atoms with E-state index in [1.54, 1.807) is 26.0 Å². The topological polar surface area (TPSA) is 71.0 Å². The highest BCUT2D eigenvalue weighted by Crippen LogP contribution is 2.18. The summed E-state index contributed by atoms with van der Waals surface area (Å²) in [6.45, 7) is 8.65. The van der Waals surface area contributed by atoms with Gasteiger partial charge in [0.05, 0.1) is 23.8 Å². The zero-order chi connectivity index (χ0) is 19.4. The summed E-state index contributed by atoms with van der Waals surface area (Å²) in [5, 5.41) is 4.10. The summed E-state index contributed by atoms with van der Waals surface area (Å²) in [7, 11) is -3.70. The van der Waals surface area contributed by atoms with Gasteiger partial charge in [-0.05, 0) is 55.7 Å². The number of nitrogens with zero attached hydrogens (tertiary/aromatic N) is 2. The third-order valence-electron chi connectivity index (χ3n) is 4.63. The lowest BCUT2D eigenvalue weighted by atomic mass is 10.1. The van der Waals surface area contributed by atoms with Crippen molar-refractivity contribution in [3.05, 3.63) is 59.2 Å². The minimum absolute atomic E-state index is 0.252. The van der Waals surface area contributed by atoms with Gasteiger partial charge < -0.3 is 9.64 Å². The molecule has 0 atom stereocenters. The Morgan fingerprint density at radius 1 is 1.07 bits per heavy atom. The summed E-state index contributed by atoms with van der Waals surface area (Å²) in [5.74, 6) is 0. The standard InChI is InChI=1S/C20H25N3O3S/c1-15-4-5-16(2)20(14-15)27(24,25)22-21-17(3)18-6-8-19(9-7-18)23-10-12-26-13-11-23/h4-9,14,22H,10-13H2,1-3H3/b21-17-. The summed E-state index contributed by atoms with van der Waals surface area (Å²) < 4.78 is 30.5. The van der Waals surface area contributed by atoms with Gasteiger partial charge in [0.1, 0.15) is 0 Å². The van der Waals surface area contributed by atoms with Crippen molar-refractivity contribution in [2.24, 2.45) is 5.10 Å². The maximum atomic E-state index is 12.6. The van der Waals surface area contributed by atoms with Gasteiger partial charge in [-0.15, -0.1) is 0 Å². The number of morpholine rings is 1. The van der Waals surface area contributed by atoms with E-state index in [1.165, 1.54) is 0 Å². The number of hydrazone groups is 1. The van der Waals surface area contributed by atoms with Gasteiger partial charge in [0.15, 0.2) is 0 Å². The van der Waals surface area contributed by atoms with Gasteiger partial charge in [0.2, 0.25) is 0 Å². The summed E-state index contributed by atoms with van der Waals surface area (Å²) in [5.41, 5.74) is 4.19. The number of hydrogen-bond acceptors (Lipinski definition) is 5. The van der Waals surface area contributed by atoms with Crippen molar-refractivity contribution in [3.63, 3.8) is 0 Å². The molecule has 0 amide bonds. The van der Waals surface area contributed by atoms with Crippen molar-refractivity contribution >= 4 is 21.4 Å². The Morgan fingerprint density at radius 2 is 1.74 bits per heavy atom. The second kappa shape index (κ2) is 8.10. The molecular weight excluding hydrogens is 362 g/mol. The summed E-state index contributed by atoms with van der Waals surface area (Å²) in [4.78, 5) is 4.87. The van der Waals surface area contributed by atoms with Gasteiger partial charge in [-0.2, -0.15) is 18.4 Å². The highest BCUT2D eigenvalue weighted by Gasteiger charge is 2.16. The van der Waals surface area contributed by atoms with Crippen LogP contribution in [0, 0.1) is 13.8 Å². The van der Waals surface area contributed by atoms with Crippen LogP contribution >= 0.6 is 0 Å². The van der Waals surface area contributed by atoms with E-state index < -0.39 is 10.0 Å². The number of nitrogens with one attached hydrogen (secondary N) is 1. The number of rotatable bonds is 5. The number of hydrogen-bond donors (Lipinski definition) is 1. The fraction of sp³-hybridized carbons (Fsp3) is 0.350. The first kappa shape index (κ1) is 19.4. The highest BCUT2D eigenvalue weighted by molar-refractivity contribution is 7.89. The molecular formula is C20H25N3O3S. The highest BCUT2D eigenvalue weighted by atomic mass is 32.2. The van der Waals surface area contributed by atoms with E-state index in [0.717, 1.165) is 43.1 Å². The summed E-state index contributed by atoms with van der Waals surface area (Å²) in [6.07, 6.45) is 0. The van der Waals surface area contributed by atoms with Crippen LogP contribution in [0.5, 0.6) is 0 Å². The molecule has 2 aromatic rings. The Bertz CT molecular complexity index is 931. The molecule has 1 N–H and O–H groups in total. The van der Waals surface area contributed by atoms with E-state index in [0.29, 0.717) is 11.3 Å². The first-order chi connectivity index (χ1) is 12.9. The van der Waals surface area contributed by atoms with Gasteiger partial charge in [-0.3, -0.25) is 0 Å². The molecule has 0 aliphatic carbocycles. The maximum absolute atomic E-state index is 12.6. The lowest BCUT2D eigenvalue weighted by molar-refractivity contribution is 0.122. The van der Waals surface area contributed by atoms with Crippen LogP contribution in [0.2, 0.25) is 0 Å². The van der Waals surface area contributed by atoms with Gasteiger partial charge in [0.25, 0.3) is 10.0 Å². The summed E-state index contributed by atoms with van der Waals surface area (Å²) in [6, 6.07) is 13.3. The minimum Gasteiger partial charge on any atom is -0.378 e. The van der Waals surface area contributed by atoms with Crippen LogP contribution in [-0.2, 0) is 14.8 Å². The molecule has 1 saturated heterocycles. The van der Waals surface area contributed by atoms with E-state index >= 15 is 0 Å². The molecule has 1 fully saturated rings. The Labute approximate surface area is 160 Å². The molecule has 2 aromatic carbocycles. The Kier molecular flexibility index (Phi) is 5.82. The number of aryl methyl sites for hydroxylation is 2. The Morgan fingerprint density at radius 3 is 2.41 bits per heavy atom. The second-order valence-corrected chi connectivity index (χ2v) is 8.34. The zero-order valence-corrected chi connectivity index (χ0v) is 16.7. The molecule has 1 aliphatic heterocycles. The van der Waals surface area contributed by atoms with Crippen LogP contribution < -0.4 is 9.73 Å². The third-order valence-corrected chi connectivity index (χ3v) is 5.98. The molecule has 144 valence electrons. The van der Waals surface area contributed by atoms with Crippen LogP contribution in [0.3, 0.4) is 0 Å². The van der Waals surface area contributed by atoms with Crippen molar-refractivity contribution in [1.29, 1.82) is 0 Å². The zero-order valence-electron chi connectivity index (χ0n) is 15.9. The van der Waals surface area contributed by atoms with Gasteiger partial charge >= 0.3 is 0 Å². The molecule has 1 aliphatic rings. The lowest BCUT2D eigenvalue weighted by Crippen LogP contribution is -2.36. The molecule has 3 rings (SSSR count). The van der Waals surface area contributed by atoms with Gasteiger partial charge in [-0.25, -0.2) is 0 Å². The van der Waals surface area contributed by atoms with Crippen molar-refractivity contribution in [3.8, 4) is 0 Å². The van der Waals surface area contributed by atoms with E-state index in [-0.39, 0.29) is 4.90 Å². The smallest absolute Gasteiger partial charge is 0.276 e. The van der Waals surface area contributed by atoms with E-state index in [2.05, 4.69) is 14.8 Å². The van der Waals surface area contributed by atoms with Crippen molar-refractivity contribution < 1.29 is 13.2 Å². The second-order valence-electron chi connectivity index (χ2n) is 6.71. The number of ether oxygens (including phenoxy) is 1.